The number of benzene rings is 3. The average Bonchev–Trinajstić information content (AvgIpc) is 2.92. The molecule has 0 unspecified atom stereocenters. The summed E-state index contributed by atoms with van der Waals surface area (Å²) in [5, 5.41) is 3.31. The highest BCUT2D eigenvalue weighted by Gasteiger charge is 2.33. The number of nitrogens with zero attached hydrogens (tertiary/aromatic N) is 2. The van der Waals surface area contributed by atoms with E-state index in [9.17, 15) is 18.0 Å². The summed E-state index contributed by atoms with van der Waals surface area (Å²) in [4.78, 5) is 28.4. The lowest BCUT2D eigenvalue weighted by Crippen LogP contribution is -2.52. The van der Waals surface area contributed by atoms with Crippen LogP contribution in [0, 0.1) is 6.92 Å². The molecule has 0 aromatic heterocycles. The molecule has 1 N–H and O–H groups in total. The molecule has 2 amide bonds. The van der Waals surface area contributed by atoms with Crippen molar-refractivity contribution in [3.63, 3.8) is 0 Å². The molecule has 0 bridgehead atoms. The molecule has 0 heterocycles. The third-order valence-corrected chi connectivity index (χ3v) is 8.97. The second-order valence-electron chi connectivity index (χ2n) is 9.42. The fourth-order valence-electron chi connectivity index (χ4n) is 3.83. The van der Waals surface area contributed by atoms with E-state index in [1.54, 1.807) is 19.1 Å². The number of carbonyl (C=O) groups is 2. The van der Waals surface area contributed by atoms with Crippen LogP contribution < -0.4 is 9.62 Å². The van der Waals surface area contributed by atoms with E-state index in [4.69, 9.17) is 23.2 Å². The molecule has 0 saturated heterocycles. The molecule has 0 saturated carbocycles. The highest BCUT2D eigenvalue weighted by atomic mass is 35.5. The summed E-state index contributed by atoms with van der Waals surface area (Å²) in [6.45, 7) is 6.89. The van der Waals surface area contributed by atoms with Gasteiger partial charge < -0.3 is 10.2 Å². The number of halogens is 2. The summed E-state index contributed by atoms with van der Waals surface area (Å²) in [7, 11) is -4.19. The van der Waals surface area contributed by atoms with E-state index in [1.165, 1.54) is 35.2 Å². The molecule has 0 aliphatic carbocycles. The van der Waals surface area contributed by atoms with Crippen molar-refractivity contribution in [3.05, 3.63) is 94.0 Å². The molecular weight excluding hydrogens is 557 g/mol. The third-order valence-electron chi connectivity index (χ3n) is 6.44. The zero-order valence-electron chi connectivity index (χ0n) is 22.4. The average molecular weight is 591 g/mol. The largest absolute Gasteiger partial charge is 0.352 e. The van der Waals surface area contributed by atoms with E-state index in [2.05, 4.69) is 5.32 Å². The lowest BCUT2D eigenvalue weighted by Gasteiger charge is -2.32. The van der Waals surface area contributed by atoms with Crippen LogP contribution >= 0.6 is 23.2 Å². The maximum Gasteiger partial charge on any atom is 0.264 e. The first-order chi connectivity index (χ1) is 18.4. The van der Waals surface area contributed by atoms with Gasteiger partial charge in [0.2, 0.25) is 11.8 Å². The summed E-state index contributed by atoms with van der Waals surface area (Å²) in [5.74, 6) is -0.872. The maximum atomic E-state index is 13.9. The number of aryl methyl sites for hydroxylation is 1. The minimum Gasteiger partial charge on any atom is -0.352 e. The predicted octanol–water partition coefficient (Wildman–Crippen LogP) is 5.83. The Morgan fingerprint density at radius 3 is 2.15 bits per heavy atom. The SMILES string of the molecule is CC[C@@H](C)NC(=O)[C@@H](C)N(Cc1ccccc1)C(=O)CN(c1ccc(Cl)c(Cl)c1)S(=O)(=O)c1ccc(C)cc1. The van der Waals surface area contributed by atoms with Crippen molar-refractivity contribution >= 4 is 50.7 Å². The van der Waals surface area contributed by atoms with Crippen LogP contribution in [0.1, 0.15) is 38.3 Å². The van der Waals surface area contributed by atoms with Crippen molar-refractivity contribution in [1.29, 1.82) is 0 Å². The topological polar surface area (TPSA) is 86.8 Å². The van der Waals surface area contributed by atoms with Gasteiger partial charge in [-0.3, -0.25) is 13.9 Å². The fraction of sp³-hybridized carbons (Fsp3) is 0.310. The number of hydrogen-bond donors (Lipinski definition) is 1. The van der Waals surface area contributed by atoms with Gasteiger partial charge in [-0.2, -0.15) is 0 Å². The minimum atomic E-state index is -4.19. The zero-order valence-corrected chi connectivity index (χ0v) is 24.7. The Labute approximate surface area is 240 Å². The fourth-order valence-corrected chi connectivity index (χ4v) is 5.53. The molecule has 0 aliphatic rings. The van der Waals surface area contributed by atoms with Crippen molar-refractivity contribution < 1.29 is 18.0 Å². The highest BCUT2D eigenvalue weighted by Crippen LogP contribution is 2.31. The van der Waals surface area contributed by atoms with Crippen LogP contribution in [-0.4, -0.2) is 43.8 Å². The molecule has 3 rings (SSSR count). The molecule has 208 valence electrons. The minimum absolute atomic E-state index is 0.0177. The molecule has 10 heteroatoms. The Morgan fingerprint density at radius 2 is 1.56 bits per heavy atom. The number of anilines is 1. The predicted molar refractivity (Wildman–Crippen MR) is 157 cm³/mol. The first kappa shape index (κ1) is 30.5. The molecule has 0 aliphatic heterocycles. The second-order valence-corrected chi connectivity index (χ2v) is 12.1. The van der Waals surface area contributed by atoms with Gasteiger partial charge in [0.05, 0.1) is 20.6 Å². The van der Waals surface area contributed by atoms with E-state index in [-0.39, 0.29) is 39.1 Å². The van der Waals surface area contributed by atoms with Crippen LogP contribution in [-0.2, 0) is 26.2 Å². The number of nitrogens with one attached hydrogen (secondary N) is 1. The van der Waals surface area contributed by atoms with Gasteiger partial charge in [0.25, 0.3) is 10.0 Å². The molecular formula is C29H33Cl2N3O4S. The van der Waals surface area contributed by atoms with Crippen molar-refractivity contribution in [2.24, 2.45) is 0 Å². The highest BCUT2D eigenvalue weighted by molar-refractivity contribution is 7.92. The van der Waals surface area contributed by atoms with E-state index >= 15 is 0 Å². The van der Waals surface area contributed by atoms with Gasteiger partial charge in [0.15, 0.2) is 0 Å². The quantitative estimate of drug-likeness (QED) is 0.305. The Morgan fingerprint density at radius 1 is 0.923 bits per heavy atom. The van der Waals surface area contributed by atoms with Crippen LogP contribution in [0.4, 0.5) is 5.69 Å². The van der Waals surface area contributed by atoms with Gasteiger partial charge in [-0.05, 0) is 63.1 Å². The Hall–Kier alpha value is -3.07. The number of sulfonamides is 1. The molecule has 0 radical (unpaired) electrons. The molecule has 39 heavy (non-hydrogen) atoms. The first-order valence-corrected chi connectivity index (χ1v) is 14.8. The van der Waals surface area contributed by atoms with Crippen molar-refractivity contribution in [2.75, 3.05) is 10.8 Å². The molecule has 0 spiro atoms. The Balaban J connectivity index is 2.04. The van der Waals surface area contributed by atoms with E-state index in [0.717, 1.165) is 21.9 Å². The zero-order chi connectivity index (χ0) is 28.7. The lowest BCUT2D eigenvalue weighted by molar-refractivity contribution is -0.139. The summed E-state index contributed by atoms with van der Waals surface area (Å²) in [6, 6.07) is 19.0. The van der Waals surface area contributed by atoms with Gasteiger partial charge >= 0.3 is 0 Å². The Kier molecular flexibility index (Phi) is 10.4. The maximum absolute atomic E-state index is 13.9. The van der Waals surface area contributed by atoms with Crippen LogP contribution in [0.3, 0.4) is 0 Å². The lowest BCUT2D eigenvalue weighted by atomic mass is 10.1. The first-order valence-electron chi connectivity index (χ1n) is 12.6. The third kappa shape index (κ3) is 7.75. The molecule has 3 aromatic carbocycles. The normalized spacial score (nSPS) is 12.9. The summed E-state index contributed by atoms with van der Waals surface area (Å²) < 4.78 is 28.7. The van der Waals surface area contributed by atoms with Gasteiger partial charge in [0, 0.05) is 12.6 Å². The van der Waals surface area contributed by atoms with Gasteiger partial charge in [-0.1, -0.05) is 78.2 Å². The van der Waals surface area contributed by atoms with Gasteiger partial charge in [0.1, 0.15) is 12.6 Å². The van der Waals surface area contributed by atoms with Gasteiger partial charge in [-0.15, -0.1) is 0 Å². The van der Waals surface area contributed by atoms with Crippen LogP contribution in [0.15, 0.2) is 77.7 Å². The van der Waals surface area contributed by atoms with E-state index in [1.807, 2.05) is 51.1 Å². The number of hydrogen-bond acceptors (Lipinski definition) is 4. The summed E-state index contributed by atoms with van der Waals surface area (Å²) in [5.41, 5.74) is 1.87. The van der Waals surface area contributed by atoms with Crippen LogP contribution in [0.5, 0.6) is 0 Å². The van der Waals surface area contributed by atoms with E-state index < -0.39 is 28.5 Å². The monoisotopic (exact) mass is 589 g/mol. The van der Waals surface area contributed by atoms with Crippen LogP contribution in [0.2, 0.25) is 10.0 Å². The van der Waals surface area contributed by atoms with Crippen LogP contribution in [0.25, 0.3) is 0 Å². The van der Waals surface area contributed by atoms with Crippen molar-refractivity contribution in [2.45, 2.75) is 57.6 Å². The Bertz CT molecular complexity index is 1400. The number of rotatable bonds is 11. The number of amides is 2. The molecule has 7 nitrogen and oxygen atoms in total. The summed E-state index contributed by atoms with van der Waals surface area (Å²) >= 11 is 12.3. The molecule has 2 atom stereocenters. The molecule has 3 aromatic rings. The van der Waals surface area contributed by atoms with Crippen molar-refractivity contribution in [1.82, 2.24) is 10.2 Å². The molecule has 0 fully saturated rings. The number of carbonyl (C=O) groups excluding carboxylic acids is 2. The van der Waals surface area contributed by atoms with Gasteiger partial charge in [-0.25, -0.2) is 8.42 Å². The second kappa shape index (κ2) is 13.3. The van der Waals surface area contributed by atoms with E-state index in [0.29, 0.717) is 0 Å². The summed E-state index contributed by atoms with van der Waals surface area (Å²) in [6.07, 6.45) is 0.727. The smallest absolute Gasteiger partial charge is 0.264 e. The van der Waals surface area contributed by atoms with Crippen molar-refractivity contribution in [3.8, 4) is 0 Å². The standard InChI is InChI=1S/C29H33Cl2N3O4S/c1-5-21(3)32-29(36)22(4)33(18-23-9-7-6-8-10-23)28(35)19-34(24-13-16-26(30)27(31)17-24)39(37,38)25-14-11-20(2)12-15-25/h6-17,21-22H,5,18-19H2,1-4H3,(H,32,36)/t21-,22-/m1/s1.